The number of amides is 2. The Balaban J connectivity index is 1.75. The summed E-state index contributed by atoms with van der Waals surface area (Å²) in [6.07, 6.45) is 3.16. The van der Waals surface area contributed by atoms with E-state index in [0.29, 0.717) is 17.2 Å². The van der Waals surface area contributed by atoms with Crippen LogP contribution >= 0.6 is 0 Å². The van der Waals surface area contributed by atoms with Crippen molar-refractivity contribution in [1.82, 2.24) is 9.47 Å². The molecule has 2 N–H and O–H groups in total. The summed E-state index contributed by atoms with van der Waals surface area (Å²) in [5, 5.41) is 15.1. The number of methoxy groups -OCH3 is 1. The van der Waals surface area contributed by atoms with Gasteiger partial charge in [-0.25, -0.2) is 0 Å². The number of nitrogens with one attached hydrogen (secondary N) is 1. The van der Waals surface area contributed by atoms with Gasteiger partial charge in [0.2, 0.25) is 5.91 Å². The van der Waals surface area contributed by atoms with Crippen molar-refractivity contribution >= 4 is 28.4 Å². The van der Waals surface area contributed by atoms with Gasteiger partial charge in [-0.15, -0.1) is 0 Å². The average molecular weight is 460 g/mol. The predicted molar refractivity (Wildman–Crippen MR) is 131 cm³/mol. The lowest BCUT2D eigenvalue weighted by atomic mass is 9.84. The lowest BCUT2D eigenvalue weighted by Crippen LogP contribution is -2.33. The van der Waals surface area contributed by atoms with Gasteiger partial charge in [-0.1, -0.05) is 26.0 Å². The number of hydrogen-bond donors (Lipinski definition) is 2. The highest BCUT2D eigenvalue weighted by Crippen LogP contribution is 2.47. The zero-order chi connectivity index (χ0) is 24.1. The minimum atomic E-state index is -0.442. The first-order valence-corrected chi connectivity index (χ1v) is 11.6. The van der Waals surface area contributed by atoms with Crippen LogP contribution in [0.5, 0.6) is 11.5 Å². The quantitative estimate of drug-likeness (QED) is 0.583. The Labute approximate surface area is 198 Å². The second-order valence-electron chi connectivity index (χ2n) is 9.45. The number of imide groups is 1. The van der Waals surface area contributed by atoms with Gasteiger partial charge in [-0.2, -0.15) is 0 Å². The van der Waals surface area contributed by atoms with Crippen molar-refractivity contribution in [3.63, 3.8) is 0 Å². The number of nitrogens with zero attached hydrogens (tertiary/aromatic N) is 2. The van der Waals surface area contributed by atoms with E-state index in [1.807, 2.05) is 18.2 Å². The third-order valence-electron chi connectivity index (χ3n) is 6.80. The molecule has 0 fully saturated rings. The van der Waals surface area contributed by atoms with Crippen molar-refractivity contribution in [3.05, 3.63) is 65.0 Å². The summed E-state index contributed by atoms with van der Waals surface area (Å²) in [4.78, 5) is 27.0. The van der Waals surface area contributed by atoms with E-state index >= 15 is 0 Å². The fourth-order valence-corrected chi connectivity index (χ4v) is 5.09. The van der Waals surface area contributed by atoms with Crippen LogP contribution in [0, 0.1) is 5.92 Å². The number of benzene rings is 2. The lowest BCUT2D eigenvalue weighted by molar-refractivity contribution is -0.139. The first-order chi connectivity index (χ1) is 16.3. The molecular weight excluding hydrogens is 430 g/mol. The lowest BCUT2D eigenvalue weighted by Gasteiger charge is -2.20. The van der Waals surface area contributed by atoms with Crippen molar-refractivity contribution < 1.29 is 19.4 Å². The molecule has 0 saturated carbocycles. The molecule has 1 aromatic heterocycles. The molecule has 5 rings (SSSR count). The number of ether oxygens (including phenoxy) is 1. The van der Waals surface area contributed by atoms with Crippen molar-refractivity contribution in [2.75, 3.05) is 19.0 Å². The maximum absolute atomic E-state index is 13.5. The van der Waals surface area contributed by atoms with E-state index in [9.17, 15) is 14.7 Å². The van der Waals surface area contributed by atoms with E-state index < -0.39 is 5.92 Å². The highest BCUT2D eigenvalue weighted by molar-refractivity contribution is 6.11. The summed E-state index contributed by atoms with van der Waals surface area (Å²) in [5.74, 6) is -0.0953. The number of aromatic hydroxyl groups is 1. The maximum Gasteiger partial charge on any atom is 0.259 e. The van der Waals surface area contributed by atoms with Crippen LogP contribution in [-0.2, 0) is 16.1 Å². The molecule has 0 unspecified atom stereocenters. The summed E-state index contributed by atoms with van der Waals surface area (Å²) in [7, 11) is 1.50. The summed E-state index contributed by atoms with van der Waals surface area (Å²) in [6.45, 7) is 6.88. The predicted octanol–water partition coefficient (Wildman–Crippen LogP) is 4.60. The molecule has 2 amide bonds. The van der Waals surface area contributed by atoms with Crippen molar-refractivity contribution in [2.45, 2.75) is 39.7 Å². The third kappa shape index (κ3) is 3.43. The number of rotatable bonds is 5. The van der Waals surface area contributed by atoms with Crippen LogP contribution in [0.3, 0.4) is 0 Å². The van der Waals surface area contributed by atoms with Gasteiger partial charge < -0.3 is 19.7 Å². The smallest absolute Gasteiger partial charge is 0.259 e. The minimum Gasteiger partial charge on any atom is -0.504 e. The number of aromatic nitrogens is 1. The number of hydrogen-bond acceptors (Lipinski definition) is 5. The molecule has 0 radical (unpaired) electrons. The number of phenols is 1. The van der Waals surface area contributed by atoms with Crippen molar-refractivity contribution in [1.29, 1.82) is 0 Å². The van der Waals surface area contributed by atoms with E-state index in [4.69, 9.17) is 4.74 Å². The average Bonchev–Trinajstić information content (AvgIpc) is 3.27. The molecule has 0 spiro atoms. The van der Waals surface area contributed by atoms with Gasteiger partial charge in [0, 0.05) is 42.4 Å². The van der Waals surface area contributed by atoms with E-state index in [0.717, 1.165) is 46.4 Å². The highest BCUT2D eigenvalue weighted by Gasteiger charge is 2.41. The molecule has 34 heavy (non-hydrogen) atoms. The SMILES string of the molecule is COc1ccc([C@H]2C3=C(CN(C(C)=O)C3=O)Nc3cccc4c3c2cn4CCC(C)C)cc1O. The molecule has 3 aromatic rings. The van der Waals surface area contributed by atoms with Crippen LogP contribution < -0.4 is 10.1 Å². The second kappa shape index (κ2) is 8.24. The molecule has 2 aliphatic rings. The van der Waals surface area contributed by atoms with Crippen LogP contribution in [0.1, 0.15) is 44.2 Å². The molecule has 7 heteroatoms. The Morgan fingerprint density at radius 1 is 1.26 bits per heavy atom. The van der Waals surface area contributed by atoms with Crippen LogP contribution in [0.15, 0.2) is 53.9 Å². The molecule has 0 aliphatic carbocycles. The molecule has 2 aromatic carbocycles. The van der Waals surface area contributed by atoms with Crippen LogP contribution in [0.4, 0.5) is 5.69 Å². The molecule has 176 valence electrons. The van der Waals surface area contributed by atoms with Gasteiger partial charge in [0.1, 0.15) is 0 Å². The van der Waals surface area contributed by atoms with Gasteiger partial charge in [0.05, 0.1) is 24.7 Å². The summed E-state index contributed by atoms with van der Waals surface area (Å²) >= 11 is 0. The largest absolute Gasteiger partial charge is 0.504 e. The van der Waals surface area contributed by atoms with E-state index in [2.05, 4.69) is 36.0 Å². The fourth-order valence-electron chi connectivity index (χ4n) is 5.09. The zero-order valence-electron chi connectivity index (χ0n) is 19.9. The third-order valence-corrected chi connectivity index (χ3v) is 6.80. The van der Waals surface area contributed by atoms with Gasteiger partial charge in [0.25, 0.3) is 5.91 Å². The standard InChI is InChI=1S/C27H29N3O4/c1-15(2)10-11-29-13-18-24(17-8-9-23(34-4)22(32)12-17)26-20(14-30(16(3)31)27(26)33)28-19-6-5-7-21(29)25(18)19/h5-9,12-13,15,24,28,32H,10-11,14H2,1-4H3/t24-/m1/s1. The molecule has 7 nitrogen and oxygen atoms in total. The van der Waals surface area contributed by atoms with Crippen LogP contribution in [-0.4, -0.2) is 40.0 Å². The van der Waals surface area contributed by atoms with E-state index in [1.54, 1.807) is 12.1 Å². The van der Waals surface area contributed by atoms with E-state index in [1.165, 1.54) is 18.9 Å². The molecule has 0 bridgehead atoms. The number of carbonyl (C=O) groups is 2. The Bertz CT molecular complexity index is 1350. The van der Waals surface area contributed by atoms with Gasteiger partial charge in [-0.05, 0) is 47.7 Å². The summed E-state index contributed by atoms with van der Waals surface area (Å²) < 4.78 is 7.49. The Kier molecular flexibility index (Phi) is 5.35. The molecule has 0 saturated heterocycles. The van der Waals surface area contributed by atoms with Crippen molar-refractivity contribution in [2.24, 2.45) is 5.92 Å². The van der Waals surface area contributed by atoms with Gasteiger partial charge in [0.15, 0.2) is 11.5 Å². The Morgan fingerprint density at radius 2 is 2.06 bits per heavy atom. The molecular formula is C27H29N3O4. The topological polar surface area (TPSA) is 83.8 Å². The van der Waals surface area contributed by atoms with Crippen molar-refractivity contribution in [3.8, 4) is 11.5 Å². The first-order valence-electron chi connectivity index (χ1n) is 11.6. The number of anilines is 1. The second-order valence-corrected chi connectivity index (χ2v) is 9.45. The normalized spacial score (nSPS) is 17.3. The molecule has 3 heterocycles. The molecule has 2 aliphatic heterocycles. The van der Waals surface area contributed by atoms with Crippen LogP contribution in [0.25, 0.3) is 10.9 Å². The number of phenolic OH excluding ortho intramolecular Hbond substituents is 1. The monoisotopic (exact) mass is 459 g/mol. The first kappa shape index (κ1) is 22.1. The van der Waals surface area contributed by atoms with E-state index in [-0.39, 0.29) is 24.1 Å². The van der Waals surface area contributed by atoms with Gasteiger partial charge in [-0.3, -0.25) is 14.5 Å². The van der Waals surface area contributed by atoms with Crippen LogP contribution in [0.2, 0.25) is 0 Å². The fraction of sp³-hybridized carbons (Fsp3) is 0.333. The summed E-state index contributed by atoms with van der Waals surface area (Å²) in [6, 6.07) is 11.4. The maximum atomic E-state index is 13.5. The number of carbonyl (C=O) groups excluding carboxylic acids is 2. The zero-order valence-corrected chi connectivity index (χ0v) is 19.9. The van der Waals surface area contributed by atoms with Gasteiger partial charge >= 0.3 is 0 Å². The summed E-state index contributed by atoms with van der Waals surface area (Å²) in [5.41, 5.74) is 5.03. The minimum absolute atomic E-state index is 0.0111. The Hall–Kier alpha value is -3.74. The number of aryl methyl sites for hydroxylation is 1. The molecule has 1 atom stereocenters. The Morgan fingerprint density at radius 3 is 2.74 bits per heavy atom. The highest BCUT2D eigenvalue weighted by atomic mass is 16.5.